The standard InChI is InChI=1S/C19H29BrN10.ClH/c20-11-2-1-3-16(4-11)25-17-26-18(29-7-12(21)5-13(22)8-29)28-19(27-17)30-9-14(23)6-15(24)10-30;/h1-4,12-15H,5-10,21-24H2,(H,25,26,27,28);1H/t12-,13+,14-,15+;. The lowest BCUT2D eigenvalue weighted by Crippen LogP contribution is -2.54. The first-order chi connectivity index (χ1) is 14.4. The van der Waals surface area contributed by atoms with E-state index in [0.29, 0.717) is 44.0 Å². The average Bonchev–Trinajstić information content (AvgIpc) is 2.66. The van der Waals surface area contributed by atoms with Crippen LogP contribution in [0.15, 0.2) is 28.7 Å². The van der Waals surface area contributed by atoms with E-state index in [2.05, 4.69) is 31.2 Å². The fourth-order valence-corrected chi connectivity index (χ4v) is 4.47. The Bertz CT molecular complexity index is 822. The van der Waals surface area contributed by atoms with Crippen LogP contribution >= 0.6 is 28.3 Å². The van der Waals surface area contributed by atoms with Crippen molar-refractivity contribution in [2.45, 2.75) is 37.0 Å². The quantitative estimate of drug-likeness (QED) is 0.390. The molecule has 1 aromatic heterocycles. The molecule has 0 spiro atoms. The molecular weight excluding hydrogens is 484 g/mol. The average molecular weight is 514 g/mol. The number of nitrogens with two attached hydrogens (primary N) is 4. The van der Waals surface area contributed by atoms with Gasteiger partial charge in [0.1, 0.15) is 0 Å². The van der Waals surface area contributed by atoms with Gasteiger partial charge < -0.3 is 38.1 Å². The predicted octanol–water partition coefficient (Wildman–Crippen LogP) is 0.529. The molecule has 2 saturated heterocycles. The molecule has 2 fully saturated rings. The van der Waals surface area contributed by atoms with E-state index >= 15 is 0 Å². The highest BCUT2D eigenvalue weighted by Gasteiger charge is 2.28. The summed E-state index contributed by atoms with van der Waals surface area (Å²) in [4.78, 5) is 18.1. The first kappa shape index (κ1) is 23.9. The Morgan fingerprint density at radius 1 is 0.806 bits per heavy atom. The number of halogens is 2. The Hall–Kier alpha value is -1.76. The van der Waals surface area contributed by atoms with Crippen LogP contribution in [0.25, 0.3) is 0 Å². The second-order valence-corrected chi connectivity index (χ2v) is 9.13. The lowest BCUT2D eigenvalue weighted by molar-refractivity contribution is 0.441. The van der Waals surface area contributed by atoms with E-state index in [1.165, 1.54) is 0 Å². The van der Waals surface area contributed by atoms with Gasteiger partial charge in [-0.2, -0.15) is 15.0 Å². The second kappa shape index (κ2) is 10.2. The summed E-state index contributed by atoms with van der Waals surface area (Å²) in [6.07, 6.45) is 1.57. The van der Waals surface area contributed by atoms with Gasteiger partial charge in [-0.05, 0) is 31.0 Å². The van der Waals surface area contributed by atoms with Crippen molar-refractivity contribution in [3.8, 4) is 0 Å². The molecule has 0 radical (unpaired) electrons. The van der Waals surface area contributed by atoms with Crippen LogP contribution < -0.4 is 38.1 Å². The van der Waals surface area contributed by atoms with Gasteiger partial charge in [0.25, 0.3) is 0 Å². The highest BCUT2D eigenvalue weighted by molar-refractivity contribution is 9.10. The van der Waals surface area contributed by atoms with Crippen LogP contribution in [-0.4, -0.2) is 65.3 Å². The summed E-state index contributed by atoms with van der Waals surface area (Å²) in [5.74, 6) is 1.56. The van der Waals surface area contributed by atoms with Crippen LogP contribution in [0.4, 0.5) is 23.5 Å². The molecule has 31 heavy (non-hydrogen) atoms. The summed E-state index contributed by atoms with van der Waals surface area (Å²) in [5, 5.41) is 3.28. The van der Waals surface area contributed by atoms with E-state index in [9.17, 15) is 0 Å². The van der Waals surface area contributed by atoms with Gasteiger partial charge in [-0.25, -0.2) is 0 Å². The molecule has 2 aromatic rings. The third-order valence-corrected chi connectivity index (χ3v) is 5.78. The van der Waals surface area contributed by atoms with Gasteiger partial charge in [0.2, 0.25) is 17.8 Å². The molecule has 0 amide bonds. The minimum Gasteiger partial charge on any atom is -0.338 e. The topological polar surface area (TPSA) is 161 Å². The van der Waals surface area contributed by atoms with Crippen LogP contribution in [0.2, 0.25) is 0 Å². The maximum absolute atomic E-state index is 6.19. The molecular formula is C19H30BrClN10. The van der Waals surface area contributed by atoms with Crippen molar-refractivity contribution in [3.05, 3.63) is 28.7 Å². The molecule has 12 heteroatoms. The van der Waals surface area contributed by atoms with Crippen molar-refractivity contribution < 1.29 is 0 Å². The van der Waals surface area contributed by atoms with Crippen LogP contribution in [-0.2, 0) is 0 Å². The zero-order valence-corrected chi connectivity index (χ0v) is 19.6. The zero-order valence-electron chi connectivity index (χ0n) is 17.2. The van der Waals surface area contributed by atoms with Crippen molar-refractivity contribution in [1.82, 2.24) is 15.0 Å². The van der Waals surface area contributed by atoms with E-state index in [1.54, 1.807) is 0 Å². The zero-order chi connectivity index (χ0) is 21.3. The summed E-state index contributed by atoms with van der Waals surface area (Å²) in [7, 11) is 0. The number of hydrogen-bond acceptors (Lipinski definition) is 10. The van der Waals surface area contributed by atoms with Gasteiger partial charge in [0, 0.05) is 60.5 Å². The largest absolute Gasteiger partial charge is 0.338 e. The van der Waals surface area contributed by atoms with Crippen LogP contribution in [0.5, 0.6) is 0 Å². The van der Waals surface area contributed by atoms with E-state index in [-0.39, 0.29) is 36.6 Å². The lowest BCUT2D eigenvalue weighted by atomic mass is 10.0. The first-order valence-electron chi connectivity index (χ1n) is 10.2. The fraction of sp³-hybridized carbons (Fsp3) is 0.526. The van der Waals surface area contributed by atoms with Crippen molar-refractivity contribution in [2.75, 3.05) is 41.3 Å². The lowest BCUT2D eigenvalue weighted by Gasteiger charge is -2.37. The summed E-state index contributed by atoms with van der Waals surface area (Å²) < 4.78 is 0.961. The third-order valence-electron chi connectivity index (χ3n) is 5.29. The van der Waals surface area contributed by atoms with Gasteiger partial charge >= 0.3 is 0 Å². The summed E-state index contributed by atoms with van der Waals surface area (Å²) in [6, 6.07) is 7.73. The highest BCUT2D eigenvalue weighted by atomic mass is 79.9. The Balaban J connectivity index is 0.00000272. The molecule has 0 aliphatic carbocycles. The van der Waals surface area contributed by atoms with Gasteiger partial charge in [0.15, 0.2) is 0 Å². The normalized spacial score (nSPS) is 26.4. The van der Waals surface area contributed by atoms with E-state index in [0.717, 1.165) is 23.0 Å². The SMILES string of the molecule is Cl.N[C@@H]1C[C@H](N)CN(c2nc(Nc3cccc(Br)c3)nc(N3C[C@H](N)C[C@H](N)C3)n2)C1. The van der Waals surface area contributed by atoms with E-state index in [1.807, 2.05) is 34.1 Å². The maximum atomic E-state index is 6.19. The highest BCUT2D eigenvalue weighted by Crippen LogP contribution is 2.24. The molecule has 2 aliphatic heterocycles. The Kier molecular flexibility index (Phi) is 7.89. The van der Waals surface area contributed by atoms with Crippen LogP contribution in [0.3, 0.4) is 0 Å². The molecule has 4 rings (SSSR count). The molecule has 10 nitrogen and oxygen atoms in total. The summed E-state index contributed by atoms with van der Waals surface area (Å²) >= 11 is 3.49. The fourth-order valence-electron chi connectivity index (χ4n) is 4.07. The minimum atomic E-state index is -0.0210. The molecule has 4 atom stereocenters. The second-order valence-electron chi connectivity index (χ2n) is 8.22. The minimum absolute atomic E-state index is 0. The molecule has 2 aliphatic rings. The third kappa shape index (κ3) is 6.15. The molecule has 0 saturated carbocycles. The van der Waals surface area contributed by atoms with Crippen molar-refractivity contribution in [1.29, 1.82) is 0 Å². The molecule has 0 unspecified atom stereocenters. The van der Waals surface area contributed by atoms with E-state index in [4.69, 9.17) is 27.9 Å². The number of rotatable bonds is 4. The maximum Gasteiger partial charge on any atom is 0.233 e. The van der Waals surface area contributed by atoms with E-state index < -0.39 is 0 Å². The van der Waals surface area contributed by atoms with Gasteiger partial charge in [-0.1, -0.05) is 22.0 Å². The Morgan fingerprint density at radius 2 is 1.29 bits per heavy atom. The molecule has 3 heterocycles. The number of nitrogens with one attached hydrogen (secondary N) is 1. The van der Waals surface area contributed by atoms with Gasteiger partial charge in [-0.15, -0.1) is 12.4 Å². The molecule has 1 aromatic carbocycles. The summed E-state index contributed by atoms with van der Waals surface area (Å²) in [5.41, 5.74) is 25.6. The molecule has 170 valence electrons. The smallest absolute Gasteiger partial charge is 0.233 e. The van der Waals surface area contributed by atoms with Gasteiger partial charge in [-0.3, -0.25) is 0 Å². The Morgan fingerprint density at radius 3 is 1.74 bits per heavy atom. The number of hydrogen-bond donors (Lipinski definition) is 5. The monoisotopic (exact) mass is 512 g/mol. The number of aromatic nitrogens is 3. The number of benzene rings is 1. The number of nitrogens with zero attached hydrogens (tertiary/aromatic N) is 5. The van der Waals surface area contributed by atoms with Crippen LogP contribution in [0, 0.1) is 0 Å². The number of piperidine rings is 2. The number of anilines is 4. The molecule has 9 N–H and O–H groups in total. The van der Waals surface area contributed by atoms with Gasteiger partial charge in [0.05, 0.1) is 0 Å². The molecule has 0 bridgehead atoms. The summed E-state index contributed by atoms with van der Waals surface area (Å²) in [6.45, 7) is 2.58. The van der Waals surface area contributed by atoms with Crippen molar-refractivity contribution >= 4 is 51.9 Å². The predicted molar refractivity (Wildman–Crippen MR) is 130 cm³/mol. The Labute approximate surface area is 196 Å². The van der Waals surface area contributed by atoms with Crippen LogP contribution in [0.1, 0.15) is 12.8 Å². The first-order valence-corrected chi connectivity index (χ1v) is 11.0. The van der Waals surface area contributed by atoms with Crippen molar-refractivity contribution in [2.24, 2.45) is 22.9 Å². The van der Waals surface area contributed by atoms with Crippen molar-refractivity contribution in [3.63, 3.8) is 0 Å².